The zero-order chi connectivity index (χ0) is 27.0. The van der Waals surface area contributed by atoms with Gasteiger partial charge in [0, 0.05) is 17.5 Å². The van der Waals surface area contributed by atoms with Gasteiger partial charge in [-0.2, -0.15) is 34.8 Å². The van der Waals surface area contributed by atoms with Crippen LogP contribution in [-0.2, 0) is 14.4 Å². The Morgan fingerprint density at radius 1 is 0.833 bits per heavy atom. The lowest BCUT2D eigenvalue weighted by Crippen LogP contribution is -2.25. The van der Waals surface area contributed by atoms with Crippen molar-refractivity contribution in [2.24, 2.45) is 5.16 Å². The van der Waals surface area contributed by atoms with Crippen molar-refractivity contribution in [1.29, 1.82) is 5.41 Å². The molecule has 198 valence electrons. The largest absolute Gasteiger partial charge is 0.493 e. The van der Waals surface area contributed by atoms with Gasteiger partial charge in [-0.05, 0) is 55.0 Å². The number of hydrogen-bond donors (Lipinski definition) is 1. The lowest BCUT2D eigenvalue weighted by molar-refractivity contribution is -0.0602. The standard InChI is InChI=1S/C22H22F6N2O5S/c1-2-14-36(31,32)35-30-20(22(26,27)28)16-6-10-18(11-7-16)34-13-3-12-33-17-8-4-15(5-9-17)19(29)21(23,24)25/h4-11,29H,2-3,12-14H2,1H3/b29-19?,30-20-. The fourth-order valence-corrected chi connectivity index (χ4v) is 3.44. The Hall–Kier alpha value is -3.29. The van der Waals surface area contributed by atoms with E-state index in [1.54, 1.807) is 0 Å². The van der Waals surface area contributed by atoms with E-state index in [0.717, 1.165) is 24.3 Å². The van der Waals surface area contributed by atoms with Gasteiger partial charge >= 0.3 is 22.5 Å². The summed E-state index contributed by atoms with van der Waals surface area (Å²) in [4.78, 5) is 0. The summed E-state index contributed by atoms with van der Waals surface area (Å²) in [5.41, 5.74) is -3.70. The fraction of sp³-hybridized carbons (Fsp3) is 0.364. The van der Waals surface area contributed by atoms with Crippen molar-refractivity contribution in [3.05, 3.63) is 59.7 Å². The quantitative estimate of drug-likeness (QED) is 0.166. The highest BCUT2D eigenvalue weighted by molar-refractivity contribution is 7.86. The number of halogens is 6. The van der Waals surface area contributed by atoms with E-state index in [4.69, 9.17) is 14.9 Å². The summed E-state index contributed by atoms with van der Waals surface area (Å²) in [6, 6.07) is 9.41. The predicted octanol–water partition coefficient (Wildman–Crippen LogP) is 5.49. The van der Waals surface area contributed by atoms with Crippen LogP contribution in [0.1, 0.15) is 30.9 Å². The van der Waals surface area contributed by atoms with Crippen LogP contribution >= 0.6 is 0 Å². The first-order valence-corrected chi connectivity index (χ1v) is 12.0. The summed E-state index contributed by atoms with van der Waals surface area (Å²) in [6.07, 6.45) is -9.22. The van der Waals surface area contributed by atoms with Crippen molar-refractivity contribution >= 4 is 21.5 Å². The number of nitrogens with zero attached hydrogens (tertiary/aromatic N) is 1. The molecule has 0 fully saturated rings. The van der Waals surface area contributed by atoms with Crippen molar-refractivity contribution in [2.75, 3.05) is 19.0 Å². The van der Waals surface area contributed by atoms with Crippen molar-refractivity contribution in [3.63, 3.8) is 0 Å². The van der Waals surface area contributed by atoms with Crippen LogP contribution in [0.4, 0.5) is 26.3 Å². The number of rotatable bonds is 12. The van der Waals surface area contributed by atoms with Crippen LogP contribution in [-0.4, -0.2) is 51.2 Å². The van der Waals surface area contributed by atoms with Crippen LogP contribution in [0, 0.1) is 5.41 Å². The van der Waals surface area contributed by atoms with Crippen LogP contribution in [0.3, 0.4) is 0 Å². The Balaban J connectivity index is 1.87. The second-order valence-electron chi connectivity index (χ2n) is 7.25. The van der Waals surface area contributed by atoms with Gasteiger partial charge in [-0.1, -0.05) is 12.1 Å². The lowest BCUT2D eigenvalue weighted by Gasteiger charge is -2.12. The maximum Gasteiger partial charge on any atom is 0.437 e. The Labute approximate surface area is 203 Å². The molecule has 0 saturated heterocycles. The van der Waals surface area contributed by atoms with E-state index in [-0.39, 0.29) is 30.9 Å². The second-order valence-corrected chi connectivity index (χ2v) is 8.92. The van der Waals surface area contributed by atoms with Gasteiger partial charge in [0.05, 0.1) is 19.0 Å². The number of nitrogens with one attached hydrogen (secondary N) is 1. The summed E-state index contributed by atoms with van der Waals surface area (Å²) in [7, 11) is -4.23. The molecule has 0 spiro atoms. The summed E-state index contributed by atoms with van der Waals surface area (Å²) in [6.45, 7) is 1.78. The topological polar surface area (TPSA) is 98.0 Å². The van der Waals surface area contributed by atoms with Gasteiger partial charge in [-0.15, -0.1) is 0 Å². The minimum Gasteiger partial charge on any atom is -0.493 e. The number of ether oxygens (including phenoxy) is 2. The minimum atomic E-state index is -4.97. The van der Waals surface area contributed by atoms with Gasteiger partial charge in [0.25, 0.3) is 0 Å². The molecule has 0 bridgehead atoms. The molecule has 0 aliphatic rings. The molecule has 14 heteroatoms. The zero-order valence-corrected chi connectivity index (χ0v) is 19.6. The number of benzene rings is 2. The Morgan fingerprint density at radius 3 is 1.72 bits per heavy atom. The summed E-state index contributed by atoms with van der Waals surface area (Å²) < 4.78 is 115. The summed E-state index contributed by atoms with van der Waals surface area (Å²) >= 11 is 0. The van der Waals surface area contributed by atoms with Gasteiger partial charge in [0.15, 0.2) is 5.71 Å². The van der Waals surface area contributed by atoms with Crippen molar-refractivity contribution < 1.29 is 48.5 Å². The molecule has 7 nitrogen and oxygen atoms in total. The molecule has 0 unspecified atom stereocenters. The second kappa shape index (κ2) is 12.1. The number of alkyl halides is 6. The molecule has 2 aromatic carbocycles. The maximum atomic E-state index is 13.3. The molecule has 0 aliphatic heterocycles. The normalized spacial score (nSPS) is 12.8. The Kier molecular flexibility index (Phi) is 9.73. The van der Waals surface area contributed by atoms with Crippen LogP contribution in [0.15, 0.2) is 53.7 Å². The van der Waals surface area contributed by atoms with Gasteiger partial charge < -0.3 is 9.47 Å². The number of hydrogen-bond acceptors (Lipinski definition) is 7. The average molecular weight is 540 g/mol. The van der Waals surface area contributed by atoms with Gasteiger partial charge in [-0.25, -0.2) is 0 Å². The van der Waals surface area contributed by atoms with Crippen molar-refractivity contribution in [3.8, 4) is 11.5 Å². The van der Waals surface area contributed by atoms with E-state index in [1.807, 2.05) is 0 Å². The molecule has 0 amide bonds. The third-order valence-electron chi connectivity index (χ3n) is 4.35. The van der Waals surface area contributed by atoms with Crippen LogP contribution in [0.2, 0.25) is 0 Å². The number of oxime groups is 1. The van der Waals surface area contributed by atoms with Crippen LogP contribution < -0.4 is 9.47 Å². The van der Waals surface area contributed by atoms with E-state index in [2.05, 4.69) is 9.44 Å². The summed E-state index contributed by atoms with van der Waals surface area (Å²) in [5, 5.41) is 9.89. The fourth-order valence-electron chi connectivity index (χ4n) is 2.68. The highest BCUT2D eigenvalue weighted by atomic mass is 32.2. The molecule has 0 radical (unpaired) electrons. The SMILES string of the molecule is CCCS(=O)(=O)O/N=C(/c1ccc(OCCCOc2ccc(C(=N)C(F)(F)F)cc2)cc1)C(F)(F)F. The van der Waals surface area contributed by atoms with E-state index >= 15 is 0 Å². The molecule has 2 aromatic rings. The Morgan fingerprint density at radius 2 is 1.31 bits per heavy atom. The van der Waals surface area contributed by atoms with E-state index < -0.39 is 45.2 Å². The monoisotopic (exact) mass is 540 g/mol. The summed E-state index contributed by atoms with van der Waals surface area (Å²) in [5.74, 6) is 0.0432. The minimum absolute atomic E-state index is 0.120. The zero-order valence-electron chi connectivity index (χ0n) is 18.8. The predicted molar refractivity (Wildman–Crippen MR) is 119 cm³/mol. The van der Waals surface area contributed by atoms with Gasteiger partial charge in [0.2, 0.25) is 0 Å². The first kappa shape index (κ1) is 28.9. The first-order valence-electron chi connectivity index (χ1n) is 10.4. The highest BCUT2D eigenvalue weighted by Crippen LogP contribution is 2.25. The molecule has 0 aromatic heterocycles. The first-order chi connectivity index (χ1) is 16.7. The van der Waals surface area contributed by atoms with E-state index in [9.17, 15) is 34.8 Å². The maximum absolute atomic E-state index is 13.3. The Bertz CT molecular complexity index is 1150. The van der Waals surface area contributed by atoms with E-state index in [0.29, 0.717) is 12.2 Å². The van der Waals surface area contributed by atoms with Gasteiger partial charge in [-0.3, -0.25) is 9.69 Å². The van der Waals surface area contributed by atoms with E-state index in [1.165, 1.54) is 31.2 Å². The molecule has 1 N–H and O–H groups in total. The molecule has 0 aliphatic carbocycles. The molecule has 0 heterocycles. The van der Waals surface area contributed by atoms with Crippen molar-refractivity contribution in [1.82, 2.24) is 0 Å². The van der Waals surface area contributed by atoms with Gasteiger partial charge in [0.1, 0.15) is 17.2 Å². The smallest absolute Gasteiger partial charge is 0.437 e. The third kappa shape index (κ3) is 9.06. The van der Waals surface area contributed by atoms with Crippen molar-refractivity contribution in [2.45, 2.75) is 32.1 Å². The molecular weight excluding hydrogens is 518 g/mol. The molecule has 2 rings (SSSR count). The van der Waals surface area contributed by atoms with Crippen LogP contribution in [0.5, 0.6) is 11.5 Å². The molecule has 0 saturated carbocycles. The average Bonchev–Trinajstić information content (AvgIpc) is 2.78. The molecule has 0 atom stereocenters. The highest BCUT2D eigenvalue weighted by Gasteiger charge is 2.38. The third-order valence-corrected chi connectivity index (χ3v) is 5.56. The molecular formula is C22H22F6N2O5S. The lowest BCUT2D eigenvalue weighted by atomic mass is 10.1. The molecule has 36 heavy (non-hydrogen) atoms. The van der Waals surface area contributed by atoms with Crippen LogP contribution in [0.25, 0.3) is 0 Å².